The molecule has 0 amide bonds. The van der Waals surface area contributed by atoms with Crippen LogP contribution in [0.1, 0.15) is 56.4 Å². The van der Waals surface area contributed by atoms with E-state index in [4.69, 9.17) is 14.5 Å². The topological polar surface area (TPSA) is 128 Å². The lowest BCUT2D eigenvalue weighted by atomic mass is 9.86. The van der Waals surface area contributed by atoms with E-state index in [1.165, 1.54) is 0 Å². The number of carbonyl (C=O) groups is 3. The average Bonchev–Trinajstić information content (AvgIpc) is 3.28. The molecule has 0 unspecified atom stereocenters. The zero-order valence-corrected chi connectivity index (χ0v) is 23.4. The highest BCUT2D eigenvalue weighted by Gasteiger charge is 2.45. The van der Waals surface area contributed by atoms with Gasteiger partial charge in [-0.15, -0.1) is 0 Å². The molecule has 10 nitrogen and oxygen atoms in total. The molecule has 3 aromatic rings. The van der Waals surface area contributed by atoms with E-state index in [-0.39, 0.29) is 54.5 Å². The van der Waals surface area contributed by atoms with Crippen LogP contribution in [0, 0.1) is 5.92 Å². The zero-order chi connectivity index (χ0) is 28.9. The number of hydrogen-bond acceptors (Lipinski definition) is 9. The Morgan fingerprint density at radius 3 is 2.60 bits per heavy atom. The van der Waals surface area contributed by atoms with Crippen molar-refractivity contribution in [2.75, 3.05) is 20.1 Å². The molecule has 5 rings (SSSR count). The van der Waals surface area contributed by atoms with E-state index >= 15 is 0 Å². The maximum Gasteiger partial charge on any atom is 0.343 e. The van der Waals surface area contributed by atoms with Crippen molar-refractivity contribution in [1.29, 1.82) is 0 Å². The van der Waals surface area contributed by atoms with E-state index < -0.39 is 17.5 Å². The summed E-state index contributed by atoms with van der Waals surface area (Å²) in [6.07, 6.45) is 0.715. The van der Waals surface area contributed by atoms with Gasteiger partial charge >= 0.3 is 11.9 Å². The van der Waals surface area contributed by atoms with Gasteiger partial charge < -0.3 is 19.1 Å². The molecule has 1 atom stereocenters. The number of cyclic esters (lactones) is 1. The van der Waals surface area contributed by atoms with Crippen molar-refractivity contribution in [1.82, 2.24) is 14.5 Å². The van der Waals surface area contributed by atoms with Crippen LogP contribution >= 0.6 is 0 Å². The molecule has 0 aliphatic carbocycles. The molecule has 0 bridgehead atoms. The van der Waals surface area contributed by atoms with E-state index in [0.717, 1.165) is 16.5 Å². The standard InChI is InChI=1S/C30H33N3O7/c1-6-18-19-10-17(40-26(35)14-32(5)13-25(34)16(3)4)8-9-23(19)31-27-20(18)12-33-24(27)11-22-21(28(33)36)15-39-29(37)30(22,38)7-2/h8-11,16,38H,6-7,12-15H2,1-5H3/t30-/m0/s1. The number of likely N-dealkylation sites (N-methyl/N-ethyl adjacent to an activating group) is 1. The van der Waals surface area contributed by atoms with E-state index in [2.05, 4.69) is 0 Å². The Hall–Kier alpha value is -3.89. The van der Waals surface area contributed by atoms with E-state index in [1.807, 2.05) is 20.8 Å². The van der Waals surface area contributed by atoms with Crippen LogP contribution in [0.25, 0.3) is 22.3 Å². The zero-order valence-electron chi connectivity index (χ0n) is 23.4. The fourth-order valence-corrected chi connectivity index (χ4v) is 5.50. The maximum atomic E-state index is 13.5. The molecule has 210 valence electrons. The lowest BCUT2D eigenvalue weighted by molar-refractivity contribution is -0.172. The molecule has 2 aliphatic rings. The van der Waals surface area contributed by atoms with E-state index in [0.29, 0.717) is 35.6 Å². The number of ether oxygens (including phenoxy) is 2. The number of aromatic nitrogens is 2. The molecule has 10 heteroatoms. The second-order valence-corrected chi connectivity index (χ2v) is 10.8. The molecule has 4 heterocycles. The van der Waals surface area contributed by atoms with Crippen molar-refractivity contribution >= 4 is 28.6 Å². The number of benzene rings is 1. The van der Waals surface area contributed by atoms with Crippen molar-refractivity contribution in [3.05, 3.63) is 56.9 Å². The van der Waals surface area contributed by atoms with Crippen LogP contribution < -0.4 is 10.3 Å². The number of aryl methyl sites for hydroxylation is 1. The first-order valence-corrected chi connectivity index (χ1v) is 13.5. The summed E-state index contributed by atoms with van der Waals surface area (Å²) in [5.74, 6) is -0.931. The van der Waals surface area contributed by atoms with Crippen LogP contribution in [0.3, 0.4) is 0 Å². The number of ketones is 1. The summed E-state index contributed by atoms with van der Waals surface area (Å²) in [5, 5.41) is 11.9. The van der Waals surface area contributed by atoms with Crippen molar-refractivity contribution in [3.63, 3.8) is 0 Å². The lowest BCUT2D eigenvalue weighted by Crippen LogP contribution is -2.44. The smallest absolute Gasteiger partial charge is 0.343 e. The third-order valence-electron chi connectivity index (χ3n) is 7.83. The highest BCUT2D eigenvalue weighted by molar-refractivity contribution is 5.90. The first-order valence-electron chi connectivity index (χ1n) is 13.5. The molecular formula is C30H33N3O7. The van der Waals surface area contributed by atoms with Gasteiger partial charge in [0.25, 0.3) is 5.56 Å². The van der Waals surface area contributed by atoms with Gasteiger partial charge in [-0.2, -0.15) is 0 Å². The number of nitrogens with zero attached hydrogens (tertiary/aromatic N) is 3. The van der Waals surface area contributed by atoms with Gasteiger partial charge in [0, 0.05) is 22.4 Å². The fourth-order valence-electron chi connectivity index (χ4n) is 5.50. The third-order valence-corrected chi connectivity index (χ3v) is 7.83. The molecule has 0 saturated heterocycles. The van der Waals surface area contributed by atoms with Crippen molar-refractivity contribution in [2.45, 2.75) is 59.3 Å². The summed E-state index contributed by atoms with van der Waals surface area (Å²) in [6, 6.07) is 6.90. The van der Waals surface area contributed by atoms with Gasteiger partial charge in [-0.25, -0.2) is 9.78 Å². The van der Waals surface area contributed by atoms with Gasteiger partial charge in [-0.05, 0) is 49.7 Å². The van der Waals surface area contributed by atoms with Crippen molar-refractivity contribution in [3.8, 4) is 17.1 Å². The summed E-state index contributed by atoms with van der Waals surface area (Å²) in [5.41, 5.74) is 2.03. The number of esters is 2. The average molecular weight is 548 g/mol. The normalized spacial score (nSPS) is 17.6. The molecule has 2 aromatic heterocycles. The Labute approximate surface area is 231 Å². The Bertz CT molecular complexity index is 1620. The van der Waals surface area contributed by atoms with Crippen LogP contribution in [-0.4, -0.2) is 57.4 Å². The molecular weight excluding hydrogens is 514 g/mol. The van der Waals surface area contributed by atoms with Gasteiger partial charge in [0.05, 0.1) is 42.1 Å². The predicted molar refractivity (Wildman–Crippen MR) is 147 cm³/mol. The quantitative estimate of drug-likeness (QED) is 0.262. The Balaban J connectivity index is 1.50. The monoisotopic (exact) mass is 547 g/mol. The highest BCUT2D eigenvalue weighted by atomic mass is 16.6. The summed E-state index contributed by atoms with van der Waals surface area (Å²) in [7, 11) is 1.70. The number of hydrogen-bond donors (Lipinski definition) is 1. The molecule has 0 radical (unpaired) electrons. The van der Waals surface area contributed by atoms with Crippen LogP contribution in [0.2, 0.25) is 0 Å². The van der Waals surface area contributed by atoms with Gasteiger partial charge in [0.15, 0.2) is 5.60 Å². The van der Waals surface area contributed by atoms with Gasteiger partial charge in [0.1, 0.15) is 18.1 Å². The van der Waals surface area contributed by atoms with Crippen LogP contribution in [0.4, 0.5) is 0 Å². The minimum absolute atomic E-state index is 0.0290. The van der Waals surface area contributed by atoms with Crippen LogP contribution in [0.15, 0.2) is 29.1 Å². The molecule has 40 heavy (non-hydrogen) atoms. The van der Waals surface area contributed by atoms with Crippen molar-refractivity contribution in [2.24, 2.45) is 5.92 Å². The van der Waals surface area contributed by atoms with Crippen molar-refractivity contribution < 1.29 is 29.0 Å². The second kappa shape index (κ2) is 10.3. The van der Waals surface area contributed by atoms with E-state index in [1.54, 1.807) is 47.7 Å². The molecule has 0 fully saturated rings. The number of fused-ring (bicyclic) bond motifs is 5. The van der Waals surface area contributed by atoms with Gasteiger partial charge in [-0.3, -0.25) is 19.3 Å². The predicted octanol–water partition coefficient (Wildman–Crippen LogP) is 2.70. The molecule has 2 aliphatic heterocycles. The van der Waals surface area contributed by atoms with Crippen LogP contribution in [-0.2, 0) is 44.3 Å². The summed E-state index contributed by atoms with van der Waals surface area (Å²) in [4.78, 5) is 57.0. The highest BCUT2D eigenvalue weighted by Crippen LogP contribution is 2.40. The molecule has 0 spiro atoms. The number of pyridine rings is 2. The summed E-state index contributed by atoms with van der Waals surface area (Å²) >= 11 is 0. The molecule has 1 N–H and O–H groups in total. The Morgan fingerprint density at radius 2 is 1.93 bits per heavy atom. The minimum atomic E-state index is -1.88. The first kappa shape index (κ1) is 27.7. The first-order chi connectivity index (χ1) is 19.0. The molecule has 1 aromatic carbocycles. The lowest BCUT2D eigenvalue weighted by Gasteiger charge is -2.31. The van der Waals surface area contributed by atoms with Crippen LogP contribution in [0.5, 0.6) is 5.75 Å². The number of Topliss-reactive ketones (excluding diaryl/α,β-unsaturated/α-hetero) is 1. The van der Waals surface area contributed by atoms with E-state index in [9.17, 15) is 24.3 Å². The summed E-state index contributed by atoms with van der Waals surface area (Å²) in [6.45, 7) is 7.57. The SMILES string of the molecule is CCc1c2c(nc3ccc(OC(=O)CN(C)CC(=O)C(C)C)cc13)-c1cc3c(c(=O)n1C2)COC(=O)[C@]3(O)CC. The van der Waals surface area contributed by atoms with Gasteiger partial charge in [0.2, 0.25) is 0 Å². The largest absolute Gasteiger partial charge is 0.458 e. The minimum Gasteiger partial charge on any atom is -0.458 e. The summed E-state index contributed by atoms with van der Waals surface area (Å²) < 4.78 is 12.4. The fraction of sp³-hybridized carbons (Fsp3) is 0.433. The van der Waals surface area contributed by atoms with Gasteiger partial charge in [-0.1, -0.05) is 27.7 Å². The number of aliphatic hydroxyl groups is 1. The second-order valence-electron chi connectivity index (χ2n) is 10.8. The molecule has 0 saturated carbocycles. The number of rotatable bonds is 8. The Morgan fingerprint density at radius 1 is 1.18 bits per heavy atom. The third kappa shape index (κ3) is 4.50. The Kier molecular flexibility index (Phi) is 7.09. The maximum absolute atomic E-state index is 13.5. The number of carbonyl (C=O) groups excluding carboxylic acids is 3.